The van der Waals surface area contributed by atoms with Crippen LogP contribution >= 0.6 is 0 Å². The number of hydrogen-bond donors (Lipinski definition) is 1. The molecule has 0 aliphatic carbocycles. The summed E-state index contributed by atoms with van der Waals surface area (Å²) in [7, 11) is 0. The van der Waals surface area contributed by atoms with Crippen LogP contribution in [0.3, 0.4) is 0 Å². The molecule has 1 saturated heterocycles. The number of carbonyl (C=O) groups is 1. The minimum Gasteiger partial charge on any atom is -0.439 e. The highest BCUT2D eigenvalue weighted by molar-refractivity contribution is 5.71. The molecule has 1 aliphatic heterocycles. The van der Waals surface area contributed by atoms with E-state index in [2.05, 4.69) is 22.1 Å². The lowest BCUT2D eigenvalue weighted by atomic mass is 10.00. The summed E-state index contributed by atoms with van der Waals surface area (Å²) in [5, 5.41) is 2.81. The summed E-state index contributed by atoms with van der Waals surface area (Å²) < 4.78 is 18.4. The molecule has 2 heterocycles. The molecule has 2 atom stereocenters. The zero-order valence-electron chi connectivity index (χ0n) is 14.2. The second-order valence-electron chi connectivity index (χ2n) is 6.06. The van der Waals surface area contributed by atoms with Gasteiger partial charge in [-0.25, -0.2) is 14.2 Å². The maximum atomic E-state index is 13.0. The highest BCUT2D eigenvalue weighted by atomic mass is 19.1. The van der Waals surface area contributed by atoms with Crippen LogP contribution in [-0.4, -0.2) is 11.1 Å². The molecule has 3 aromatic rings. The minimum absolute atomic E-state index is 0.301. The average molecular weight is 358 g/mol. The molecule has 132 valence electrons. The molecule has 2 aromatic carbocycles. The van der Waals surface area contributed by atoms with Crippen molar-refractivity contribution in [3.05, 3.63) is 101 Å². The highest BCUT2D eigenvalue weighted by Crippen LogP contribution is 2.35. The van der Waals surface area contributed by atoms with Crippen LogP contribution in [0.5, 0.6) is 0 Å². The largest absolute Gasteiger partial charge is 0.439 e. The number of nitrogens with zero attached hydrogens (tertiary/aromatic N) is 1. The lowest BCUT2D eigenvalue weighted by Crippen LogP contribution is -2.20. The first-order valence-electron chi connectivity index (χ1n) is 8.46. The third-order valence-electron chi connectivity index (χ3n) is 4.21. The van der Waals surface area contributed by atoms with Crippen LogP contribution in [0, 0.1) is 17.7 Å². The average Bonchev–Trinajstić information content (AvgIpc) is 3.10. The van der Waals surface area contributed by atoms with Crippen LogP contribution in [-0.2, 0) is 4.74 Å². The van der Waals surface area contributed by atoms with Gasteiger partial charge in [0.15, 0.2) is 6.10 Å². The molecule has 1 aromatic heterocycles. The molecule has 1 amide bonds. The van der Waals surface area contributed by atoms with E-state index < -0.39 is 18.2 Å². The fraction of sp³-hybridized carbons (Fsp3) is 0.0909. The van der Waals surface area contributed by atoms with Crippen LogP contribution in [0.15, 0.2) is 72.8 Å². The predicted octanol–water partition coefficient (Wildman–Crippen LogP) is 4.14. The fourth-order valence-electron chi connectivity index (χ4n) is 2.92. The number of pyridine rings is 1. The molecule has 1 fully saturated rings. The zero-order valence-corrected chi connectivity index (χ0v) is 14.2. The molecule has 1 aliphatic rings. The van der Waals surface area contributed by atoms with Crippen molar-refractivity contribution in [2.75, 3.05) is 0 Å². The second kappa shape index (κ2) is 7.30. The van der Waals surface area contributed by atoms with Crippen molar-refractivity contribution in [1.82, 2.24) is 10.3 Å². The van der Waals surface area contributed by atoms with Gasteiger partial charge in [0.1, 0.15) is 17.6 Å². The van der Waals surface area contributed by atoms with Crippen molar-refractivity contribution in [3.63, 3.8) is 0 Å². The van der Waals surface area contributed by atoms with Gasteiger partial charge in [0.05, 0.1) is 5.69 Å². The fourth-order valence-corrected chi connectivity index (χ4v) is 2.92. The number of cyclic esters (lactones) is 1. The summed E-state index contributed by atoms with van der Waals surface area (Å²) in [6.45, 7) is 0. The van der Waals surface area contributed by atoms with Crippen molar-refractivity contribution in [2.45, 2.75) is 12.1 Å². The Morgan fingerprint density at radius 1 is 0.926 bits per heavy atom. The first-order chi connectivity index (χ1) is 13.2. The van der Waals surface area contributed by atoms with Crippen LogP contribution in [0.1, 0.15) is 34.7 Å². The Kier molecular flexibility index (Phi) is 4.54. The van der Waals surface area contributed by atoms with Crippen molar-refractivity contribution >= 4 is 6.09 Å². The smallest absolute Gasteiger partial charge is 0.408 e. The molecule has 0 saturated carbocycles. The Hall–Kier alpha value is -3.65. The van der Waals surface area contributed by atoms with E-state index in [1.165, 1.54) is 12.1 Å². The van der Waals surface area contributed by atoms with Gasteiger partial charge in [-0.15, -0.1) is 0 Å². The lowest BCUT2D eigenvalue weighted by Gasteiger charge is -2.16. The third kappa shape index (κ3) is 3.80. The second-order valence-corrected chi connectivity index (χ2v) is 6.06. The first kappa shape index (κ1) is 16.8. The van der Waals surface area contributed by atoms with Crippen molar-refractivity contribution < 1.29 is 13.9 Å². The highest BCUT2D eigenvalue weighted by Gasteiger charge is 2.37. The van der Waals surface area contributed by atoms with E-state index in [9.17, 15) is 9.18 Å². The molecule has 4 nitrogen and oxygen atoms in total. The molecule has 1 N–H and O–H groups in total. The van der Waals surface area contributed by atoms with E-state index in [1.54, 1.807) is 18.2 Å². The molecular weight excluding hydrogens is 343 g/mol. The molecule has 0 radical (unpaired) electrons. The number of carbonyl (C=O) groups excluding carboxylic acids is 1. The van der Waals surface area contributed by atoms with Crippen LogP contribution in [0.4, 0.5) is 9.18 Å². The van der Waals surface area contributed by atoms with E-state index in [0.717, 1.165) is 5.56 Å². The normalized spacial score (nSPS) is 18.2. The maximum absolute atomic E-state index is 13.0. The van der Waals surface area contributed by atoms with Crippen LogP contribution in [0.2, 0.25) is 0 Å². The van der Waals surface area contributed by atoms with E-state index in [0.29, 0.717) is 17.0 Å². The quantitative estimate of drug-likeness (QED) is 0.701. The summed E-state index contributed by atoms with van der Waals surface area (Å²) >= 11 is 0. The number of amides is 1. The molecule has 5 heteroatoms. The van der Waals surface area contributed by atoms with Gasteiger partial charge in [0.25, 0.3) is 0 Å². The van der Waals surface area contributed by atoms with Gasteiger partial charge in [-0.2, -0.15) is 0 Å². The monoisotopic (exact) mass is 358 g/mol. The Morgan fingerprint density at radius 3 is 2.48 bits per heavy atom. The Morgan fingerprint density at radius 2 is 1.70 bits per heavy atom. The molecule has 0 spiro atoms. The molecule has 0 bridgehead atoms. The predicted molar refractivity (Wildman–Crippen MR) is 98.2 cm³/mol. The van der Waals surface area contributed by atoms with Crippen molar-refractivity contribution in [1.29, 1.82) is 0 Å². The summed E-state index contributed by atoms with van der Waals surface area (Å²) in [6.07, 6.45) is -0.926. The number of hydrogen-bond acceptors (Lipinski definition) is 3. The third-order valence-corrected chi connectivity index (χ3v) is 4.21. The van der Waals surface area contributed by atoms with E-state index >= 15 is 0 Å². The summed E-state index contributed by atoms with van der Waals surface area (Å²) in [4.78, 5) is 16.4. The van der Waals surface area contributed by atoms with Crippen molar-refractivity contribution in [2.24, 2.45) is 0 Å². The topological polar surface area (TPSA) is 51.2 Å². The number of halogens is 1. The number of ether oxygens (including phenoxy) is 1. The number of benzene rings is 2. The molecule has 27 heavy (non-hydrogen) atoms. The summed E-state index contributed by atoms with van der Waals surface area (Å²) in [6, 6.07) is 20.6. The molecular formula is C22H15FN2O2. The summed E-state index contributed by atoms with van der Waals surface area (Å²) in [5.74, 6) is 5.63. The number of nitrogens with one attached hydrogen (secondary N) is 1. The Bertz CT molecular complexity index is 1020. The van der Waals surface area contributed by atoms with Gasteiger partial charge in [-0.05, 0) is 47.9 Å². The van der Waals surface area contributed by atoms with Gasteiger partial charge in [0, 0.05) is 5.56 Å². The zero-order chi connectivity index (χ0) is 18.6. The SMILES string of the molecule is O=C1N[C@H](c2cccc(C#Cc3ccc(F)cc3)n2)[C@@H](c2ccccc2)O1. The maximum Gasteiger partial charge on any atom is 0.408 e. The van der Waals surface area contributed by atoms with Crippen LogP contribution in [0.25, 0.3) is 0 Å². The van der Waals surface area contributed by atoms with E-state index in [1.807, 2.05) is 42.5 Å². The molecule has 0 unspecified atom stereocenters. The Balaban J connectivity index is 1.62. The molecule has 4 rings (SSSR count). The minimum atomic E-state index is -0.474. The van der Waals surface area contributed by atoms with Gasteiger partial charge in [-0.3, -0.25) is 0 Å². The van der Waals surface area contributed by atoms with Gasteiger partial charge in [-0.1, -0.05) is 42.3 Å². The van der Waals surface area contributed by atoms with E-state index in [-0.39, 0.29) is 5.82 Å². The standard InChI is InChI=1S/C22H15FN2O2/c23-17-12-9-15(10-13-17)11-14-18-7-4-8-19(24-18)20-21(27-22(26)25-20)16-5-2-1-3-6-16/h1-10,12-13,20-21H,(H,25,26)/t20-,21-/m1/s1. The first-order valence-corrected chi connectivity index (χ1v) is 8.46. The van der Waals surface area contributed by atoms with Crippen molar-refractivity contribution in [3.8, 4) is 11.8 Å². The number of aromatic nitrogens is 1. The van der Waals surface area contributed by atoms with E-state index in [4.69, 9.17) is 4.74 Å². The van der Waals surface area contributed by atoms with Crippen LogP contribution < -0.4 is 5.32 Å². The number of rotatable bonds is 2. The lowest BCUT2D eigenvalue weighted by molar-refractivity contribution is 0.132. The number of alkyl carbamates (subject to hydrolysis) is 1. The van der Waals surface area contributed by atoms with Gasteiger partial charge >= 0.3 is 6.09 Å². The summed E-state index contributed by atoms with van der Waals surface area (Å²) in [5.41, 5.74) is 2.82. The Labute approximate surface area is 156 Å². The van der Waals surface area contributed by atoms with Gasteiger partial charge in [0.2, 0.25) is 0 Å². The van der Waals surface area contributed by atoms with Gasteiger partial charge < -0.3 is 10.1 Å².